The third-order valence-corrected chi connectivity index (χ3v) is 3.84. The van der Waals surface area contributed by atoms with E-state index < -0.39 is 0 Å². The summed E-state index contributed by atoms with van der Waals surface area (Å²) in [6, 6.07) is 15.5. The molecule has 0 saturated heterocycles. The summed E-state index contributed by atoms with van der Waals surface area (Å²) >= 11 is 6.20. The molecule has 1 aromatic heterocycles. The average molecular weight is 312 g/mol. The van der Waals surface area contributed by atoms with Gasteiger partial charge in [0.2, 0.25) is 0 Å². The molecule has 1 heterocycles. The van der Waals surface area contributed by atoms with Crippen molar-refractivity contribution >= 4 is 17.9 Å². The van der Waals surface area contributed by atoms with Gasteiger partial charge in [0.05, 0.1) is 12.2 Å². The molecule has 2 aromatic carbocycles. The van der Waals surface area contributed by atoms with Gasteiger partial charge in [0.25, 0.3) is 0 Å². The number of hydrogen-bond donors (Lipinski definition) is 0. The number of aldehydes is 1. The van der Waals surface area contributed by atoms with Gasteiger partial charge >= 0.3 is 0 Å². The SMILES string of the molecule is Cc1ccc(-c2c(C=O)nnn2Cc2ccccc2Cl)cc1. The van der Waals surface area contributed by atoms with E-state index in [1.807, 2.05) is 55.5 Å². The van der Waals surface area contributed by atoms with Crippen LogP contribution >= 0.6 is 11.6 Å². The maximum absolute atomic E-state index is 11.3. The number of aryl methyl sites for hydroxylation is 1. The van der Waals surface area contributed by atoms with Crippen LogP contribution < -0.4 is 0 Å². The van der Waals surface area contributed by atoms with Crippen molar-refractivity contribution in [3.63, 3.8) is 0 Å². The van der Waals surface area contributed by atoms with Gasteiger partial charge in [-0.05, 0) is 18.6 Å². The maximum atomic E-state index is 11.3. The van der Waals surface area contributed by atoms with Gasteiger partial charge in [0, 0.05) is 10.6 Å². The van der Waals surface area contributed by atoms with Gasteiger partial charge in [-0.3, -0.25) is 4.79 Å². The van der Waals surface area contributed by atoms with Gasteiger partial charge in [0.15, 0.2) is 12.0 Å². The quantitative estimate of drug-likeness (QED) is 0.689. The predicted octanol–water partition coefficient (Wildman–Crippen LogP) is 3.77. The Kier molecular flexibility index (Phi) is 4.02. The summed E-state index contributed by atoms with van der Waals surface area (Å²) < 4.78 is 1.70. The van der Waals surface area contributed by atoms with E-state index in [9.17, 15) is 4.79 Å². The lowest BCUT2D eigenvalue weighted by Gasteiger charge is -2.09. The molecule has 0 fully saturated rings. The summed E-state index contributed by atoms with van der Waals surface area (Å²) in [5.41, 5.74) is 4.02. The molecule has 0 aliphatic rings. The Labute approximate surface area is 133 Å². The summed E-state index contributed by atoms with van der Waals surface area (Å²) in [5.74, 6) is 0. The first-order chi connectivity index (χ1) is 10.7. The minimum atomic E-state index is 0.330. The fraction of sp³-hybridized carbons (Fsp3) is 0.118. The number of hydrogen-bond acceptors (Lipinski definition) is 3. The zero-order chi connectivity index (χ0) is 15.5. The number of rotatable bonds is 4. The van der Waals surface area contributed by atoms with Crippen molar-refractivity contribution in [3.05, 3.63) is 70.4 Å². The van der Waals surface area contributed by atoms with E-state index in [0.29, 0.717) is 23.0 Å². The Hall–Kier alpha value is -2.46. The molecule has 0 saturated carbocycles. The van der Waals surface area contributed by atoms with E-state index in [1.165, 1.54) is 0 Å². The molecular formula is C17H14ClN3O. The molecule has 22 heavy (non-hydrogen) atoms. The molecule has 0 aliphatic heterocycles. The molecular weight excluding hydrogens is 298 g/mol. The highest BCUT2D eigenvalue weighted by molar-refractivity contribution is 6.31. The summed E-state index contributed by atoms with van der Waals surface area (Å²) in [6.07, 6.45) is 0.727. The highest BCUT2D eigenvalue weighted by Crippen LogP contribution is 2.24. The highest BCUT2D eigenvalue weighted by Gasteiger charge is 2.15. The first kappa shape index (κ1) is 14.5. The Balaban J connectivity index is 2.06. The van der Waals surface area contributed by atoms with E-state index in [0.717, 1.165) is 23.0 Å². The van der Waals surface area contributed by atoms with Gasteiger partial charge in [-0.2, -0.15) is 0 Å². The highest BCUT2D eigenvalue weighted by atomic mass is 35.5. The van der Waals surface area contributed by atoms with Crippen molar-refractivity contribution in [2.75, 3.05) is 0 Å². The molecule has 0 spiro atoms. The van der Waals surface area contributed by atoms with Crippen LogP contribution in [0.15, 0.2) is 48.5 Å². The van der Waals surface area contributed by atoms with Crippen LogP contribution in [0.3, 0.4) is 0 Å². The fourth-order valence-electron chi connectivity index (χ4n) is 2.31. The van der Waals surface area contributed by atoms with Crippen LogP contribution in [0.2, 0.25) is 5.02 Å². The number of carbonyl (C=O) groups is 1. The van der Waals surface area contributed by atoms with E-state index in [-0.39, 0.29) is 0 Å². The van der Waals surface area contributed by atoms with Crippen LogP contribution in [0, 0.1) is 6.92 Å². The Bertz CT molecular complexity index is 809. The number of carbonyl (C=O) groups excluding carboxylic acids is 1. The lowest BCUT2D eigenvalue weighted by molar-refractivity contribution is 0.111. The minimum absolute atomic E-state index is 0.330. The number of nitrogens with zero attached hydrogens (tertiary/aromatic N) is 3. The molecule has 0 bridgehead atoms. The van der Waals surface area contributed by atoms with Crippen molar-refractivity contribution in [3.8, 4) is 11.3 Å². The first-order valence-corrected chi connectivity index (χ1v) is 7.26. The lowest BCUT2D eigenvalue weighted by Crippen LogP contribution is -2.05. The molecule has 0 atom stereocenters. The summed E-state index contributed by atoms with van der Waals surface area (Å²) in [5, 5.41) is 8.73. The van der Waals surface area contributed by atoms with Gasteiger partial charge < -0.3 is 0 Å². The normalized spacial score (nSPS) is 10.6. The van der Waals surface area contributed by atoms with Gasteiger partial charge in [-0.15, -0.1) is 5.10 Å². The van der Waals surface area contributed by atoms with Crippen molar-refractivity contribution in [2.24, 2.45) is 0 Å². The Morgan fingerprint density at radius 2 is 1.86 bits per heavy atom. The predicted molar refractivity (Wildman–Crippen MR) is 86.1 cm³/mol. The number of halogens is 1. The van der Waals surface area contributed by atoms with Crippen LogP contribution in [0.5, 0.6) is 0 Å². The third kappa shape index (κ3) is 2.78. The van der Waals surface area contributed by atoms with Crippen LogP contribution in [0.4, 0.5) is 0 Å². The monoisotopic (exact) mass is 311 g/mol. The number of benzene rings is 2. The molecule has 0 N–H and O–H groups in total. The van der Waals surface area contributed by atoms with Crippen LogP contribution in [0.25, 0.3) is 11.3 Å². The second-order valence-corrected chi connectivity index (χ2v) is 5.46. The minimum Gasteiger partial charge on any atom is -0.296 e. The fourth-order valence-corrected chi connectivity index (χ4v) is 2.51. The van der Waals surface area contributed by atoms with Crippen molar-refractivity contribution in [2.45, 2.75) is 13.5 Å². The number of aromatic nitrogens is 3. The van der Waals surface area contributed by atoms with E-state index in [2.05, 4.69) is 10.3 Å². The van der Waals surface area contributed by atoms with Gasteiger partial charge in [-0.25, -0.2) is 4.68 Å². The average Bonchev–Trinajstić information content (AvgIpc) is 2.93. The Morgan fingerprint density at radius 3 is 2.55 bits per heavy atom. The van der Waals surface area contributed by atoms with Crippen molar-refractivity contribution in [1.82, 2.24) is 15.0 Å². The largest absolute Gasteiger partial charge is 0.296 e. The summed E-state index contributed by atoms with van der Waals surface area (Å²) in [4.78, 5) is 11.3. The van der Waals surface area contributed by atoms with Crippen LogP contribution in [-0.2, 0) is 6.54 Å². The molecule has 0 aliphatic carbocycles. The van der Waals surface area contributed by atoms with Gasteiger partial charge in [-0.1, -0.05) is 64.8 Å². The van der Waals surface area contributed by atoms with E-state index >= 15 is 0 Å². The van der Waals surface area contributed by atoms with Crippen molar-refractivity contribution < 1.29 is 4.79 Å². The van der Waals surface area contributed by atoms with Gasteiger partial charge in [0.1, 0.15) is 0 Å². The second kappa shape index (κ2) is 6.12. The zero-order valence-electron chi connectivity index (χ0n) is 12.0. The second-order valence-electron chi connectivity index (χ2n) is 5.06. The van der Waals surface area contributed by atoms with E-state index in [1.54, 1.807) is 4.68 Å². The van der Waals surface area contributed by atoms with E-state index in [4.69, 9.17) is 11.6 Å². The third-order valence-electron chi connectivity index (χ3n) is 3.48. The van der Waals surface area contributed by atoms with Crippen LogP contribution in [-0.4, -0.2) is 21.3 Å². The standard InChI is InChI=1S/C17H14ClN3O/c1-12-6-8-13(9-7-12)17-16(11-22)19-20-21(17)10-14-4-2-3-5-15(14)18/h2-9,11H,10H2,1H3. The van der Waals surface area contributed by atoms with Crippen LogP contribution in [0.1, 0.15) is 21.6 Å². The topological polar surface area (TPSA) is 47.8 Å². The summed E-state index contributed by atoms with van der Waals surface area (Å²) in [7, 11) is 0. The van der Waals surface area contributed by atoms with Crippen molar-refractivity contribution in [1.29, 1.82) is 0 Å². The lowest BCUT2D eigenvalue weighted by atomic mass is 10.1. The molecule has 3 aromatic rings. The molecule has 110 valence electrons. The molecule has 0 unspecified atom stereocenters. The molecule has 0 radical (unpaired) electrons. The smallest absolute Gasteiger partial charge is 0.172 e. The Morgan fingerprint density at radius 1 is 1.14 bits per heavy atom. The summed E-state index contributed by atoms with van der Waals surface area (Å²) in [6.45, 7) is 2.48. The molecule has 4 nitrogen and oxygen atoms in total. The first-order valence-electron chi connectivity index (χ1n) is 6.88. The maximum Gasteiger partial charge on any atom is 0.172 e. The molecule has 3 rings (SSSR count). The molecule has 0 amide bonds. The molecule has 5 heteroatoms. The zero-order valence-corrected chi connectivity index (χ0v) is 12.8.